The number of allylic oxidation sites excluding steroid dienone is 3. The van der Waals surface area contributed by atoms with Gasteiger partial charge in [-0.25, -0.2) is 0 Å². The van der Waals surface area contributed by atoms with E-state index in [1.54, 1.807) is 0 Å². The van der Waals surface area contributed by atoms with Crippen LogP contribution in [-0.2, 0) is 11.0 Å². The molecule has 2 N–H and O–H groups in total. The molecule has 1 atom stereocenters. The van der Waals surface area contributed by atoms with Crippen molar-refractivity contribution in [3.63, 3.8) is 0 Å². The molecule has 2 aromatic carbocycles. The van der Waals surface area contributed by atoms with Gasteiger partial charge in [0.1, 0.15) is 5.82 Å². The highest BCUT2D eigenvalue weighted by Gasteiger charge is 2.45. The van der Waals surface area contributed by atoms with Crippen LogP contribution in [0.15, 0.2) is 77.3 Å². The average Bonchev–Trinajstić information content (AvgIpc) is 2.72. The molecule has 0 unspecified atom stereocenters. The van der Waals surface area contributed by atoms with Crippen molar-refractivity contribution in [3.8, 4) is 6.07 Å². The van der Waals surface area contributed by atoms with Crippen LogP contribution in [0.5, 0.6) is 0 Å². The number of nitrogens with two attached hydrogens (primary N) is 1. The largest absolute Gasteiger partial charge is 0.416 e. The molecule has 0 fully saturated rings. The summed E-state index contributed by atoms with van der Waals surface area (Å²) in [7, 11) is 0. The zero-order valence-electron chi connectivity index (χ0n) is 17.7. The highest BCUT2D eigenvalue weighted by Crippen LogP contribution is 2.50. The van der Waals surface area contributed by atoms with Crippen molar-refractivity contribution >= 4 is 11.5 Å². The van der Waals surface area contributed by atoms with Gasteiger partial charge in [0.15, 0.2) is 5.78 Å². The van der Waals surface area contributed by atoms with Crippen LogP contribution in [-0.4, -0.2) is 5.78 Å². The maximum Gasteiger partial charge on any atom is 0.416 e. The van der Waals surface area contributed by atoms with Crippen LogP contribution in [0, 0.1) is 16.7 Å². The number of Topliss-reactive ketones (excluding diaryl/α,β-unsaturated/α-hetero) is 1. The smallest absolute Gasteiger partial charge is 0.384 e. The van der Waals surface area contributed by atoms with Gasteiger partial charge in [0, 0.05) is 23.4 Å². The topological polar surface area (TPSA) is 70.1 Å². The number of nitriles is 1. The SMILES string of the molecule is CC1(C)CC(=O)C2=C(C1)N(c1cccc(C(F)(F)F)c1)C(N)=C(C#N)[C@@H]2c1ccccc1. The van der Waals surface area contributed by atoms with Crippen LogP contribution in [0.25, 0.3) is 0 Å². The van der Waals surface area contributed by atoms with E-state index < -0.39 is 23.1 Å². The maximum atomic E-state index is 13.4. The molecule has 164 valence electrons. The molecule has 4 nitrogen and oxygen atoms in total. The van der Waals surface area contributed by atoms with Crippen molar-refractivity contribution in [2.24, 2.45) is 11.1 Å². The van der Waals surface area contributed by atoms with Crippen LogP contribution in [0.2, 0.25) is 0 Å². The number of ketones is 1. The Kier molecular flexibility index (Phi) is 5.12. The molecule has 0 spiro atoms. The minimum absolute atomic E-state index is 0.0462. The highest BCUT2D eigenvalue weighted by atomic mass is 19.4. The first-order valence-corrected chi connectivity index (χ1v) is 10.2. The number of carbonyl (C=O) groups is 1. The Hall–Kier alpha value is -3.53. The Balaban J connectivity index is 1.99. The minimum atomic E-state index is -4.53. The fourth-order valence-corrected chi connectivity index (χ4v) is 4.60. The summed E-state index contributed by atoms with van der Waals surface area (Å²) in [5, 5.41) is 9.99. The number of nitrogens with zero attached hydrogens (tertiary/aromatic N) is 2. The normalized spacial score (nSPS) is 20.8. The lowest BCUT2D eigenvalue weighted by molar-refractivity contribution is -0.137. The van der Waals surface area contributed by atoms with E-state index in [2.05, 4.69) is 6.07 Å². The zero-order valence-corrected chi connectivity index (χ0v) is 17.7. The third-order valence-corrected chi connectivity index (χ3v) is 5.95. The molecule has 7 heteroatoms. The Morgan fingerprint density at radius 3 is 2.41 bits per heavy atom. The van der Waals surface area contributed by atoms with Crippen molar-refractivity contribution in [3.05, 3.63) is 88.4 Å². The van der Waals surface area contributed by atoms with E-state index in [9.17, 15) is 23.2 Å². The molecule has 0 bridgehead atoms. The van der Waals surface area contributed by atoms with Gasteiger partial charge in [-0.15, -0.1) is 0 Å². The van der Waals surface area contributed by atoms with Gasteiger partial charge in [-0.2, -0.15) is 18.4 Å². The van der Waals surface area contributed by atoms with Gasteiger partial charge in [0.05, 0.1) is 23.1 Å². The van der Waals surface area contributed by atoms with Gasteiger partial charge in [0.25, 0.3) is 0 Å². The number of carbonyl (C=O) groups excluding carboxylic acids is 1. The fourth-order valence-electron chi connectivity index (χ4n) is 4.60. The summed E-state index contributed by atoms with van der Waals surface area (Å²) >= 11 is 0. The summed E-state index contributed by atoms with van der Waals surface area (Å²) in [5.41, 5.74) is 7.28. The number of hydrogen-bond acceptors (Lipinski definition) is 4. The van der Waals surface area contributed by atoms with Crippen molar-refractivity contribution in [2.45, 2.75) is 38.8 Å². The van der Waals surface area contributed by atoms with E-state index in [0.717, 1.165) is 17.7 Å². The first kappa shape index (κ1) is 21.7. The van der Waals surface area contributed by atoms with Gasteiger partial charge in [-0.1, -0.05) is 50.2 Å². The van der Waals surface area contributed by atoms with Gasteiger partial charge in [-0.05, 0) is 35.6 Å². The Morgan fingerprint density at radius 2 is 1.78 bits per heavy atom. The van der Waals surface area contributed by atoms with E-state index in [1.165, 1.54) is 17.0 Å². The molecule has 0 amide bonds. The van der Waals surface area contributed by atoms with Crippen molar-refractivity contribution in [2.75, 3.05) is 4.90 Å². The molecule has 2 aliphatic rings. The summed E-state index contributed by atoms with van der Waals surface area (Å²) in [4.78, 5) is 14.8. The monoisotopic (exact) mass is 437 g/mol. The zero-order chi connectivity index (χ0) is 23.3. The van der Waals surface area contributed by atoms with Crippen LogP contribution < -0.4 is 10.6 Å². The minimum Gasteiger partial charge on any atom is -0.384 e. The van der Waals surface area contributed by atoms with Crippen molar-refractivity contribution in [1.29, 1.82) is 5.26 Å². The quantitative estimate of drug-likeness (QED) is 0.660. The van der Waals surface area contributed by atoms with Gasteiger partial charge in [0.2, 0.25) is 0 Å². The molecular weight excluding hydrogens is 415 g/mol. The van der Waals surface area contributed by atoms with E-state index in [1.807, 2.05) is 44.2 Å². The molecule has 32 heavy (non-hydrogen) atoms. The number of hydrogen-bond donors (Lipinski definition) is 1. The summed E-state index contributed by atoms with van der Waals surface area (Å²) < 4.78 is 40.2. The molecule has 4 rings (SSSR count). The number of anilines is 1. The molecular formula is C25H22F3N3O. The summed E-state index contributed by atoms with van der Waals surface area (Å²) in [6.07, 6.45) is -3.81. The van der Waals surface area contributed by atoms with E-state index in [0.29, 0.717) is 17.7 Å². The van der Waals surface area contributed by atoms with Crippen LogP contribution in [0.3, 0.4) is 0 Å². The standard InChI is InChI=1S/C25H22F3N3O/c1-24(2)12-19-22(20(32)13-24)21(15-7-4-3-5-8-15)18(14-29)23(30)31(19)17-10-6-9-16(11-17)25(26,27)28/h3-11,21H,12-13,30H2,1-2H3/t21-/m0/s1. The summed E-state index contributed by atoms with van der Waals surface area (Å²) in [6, 6.07) is 16.0. The second-order valence-corrected chi connectivity index (χ2v) is 8.94. The Morgan fingerprint density at radius 1 is 1.09 bits per heavy atom. The number of rotatable bonds is 2. The van der Waals surface area contributed by atoms with Crippen molar-refractivity contribution in [1.82, 2.24) is 0 Å². The maximum absolute atomic E-state index is 13.4. The lowest BCUT2D eigenvalue weighted by atomic mass is 9.68. The third-order valence-electron chi connectivity index (χ3n) is 5.95. The lowest BCUT2D eigenvalue weighted by Crippen LogP contribution is -2.42. The van der Waals surface area contributed by atoms with Crippen molar-refractivity contribution < 1.29 is 18.0 Å². The predicted molar refractivity (Wildman–Crippen MR) is 115 cm³/mol. The number of alkyl halides is 3. The van der Waals surface area contributed by atoms with Crippen LogP contribution in [0.4, 0.5) is 18.9 Å². The molecule has 0 aromatic heterocycles. The third kappa shape index (κ3) is 3.66. The van der Waals surface area contributed by atoms with E-state index >= 15 is 0 Å². The molecule has 1 aliphatic heterocycles. The van der Waals surface area contributed by atoms with Gasteiger partial charge in [-0.3, -0.25) is 9.69 Å². The average molecular weight is 437 g/mol. The van der Waals surface area contributed by atoms with Gasteiger partial charge < -0.3 is 5.73 Å². The molecule has 1 heterocycles. The Labute approximate surface area is 184 Å². The predicted octanol–water partition coefficient (Wildman–Crippen LogP) is 5.65. The van der Waals surface area contributed by atoms with E-state index in [4.69, 9.17) is 5.73 Å². The lowest BCUT2D eigenvalue weighted by Gasteiger charge is -2.43. The molecule has 0 saturated heterocycles. The second kappa shape index (κ2) is 7.56. The van der Waals surface area contributed by atoms with E-state index in [-0.39, 0.29) is 29.3 Å². The first-order chi connectivity index (χ1) is 15.0. The number of halogens is 3. The van der Waals surface area contributed by atoms with Crippen LogP contribution >= 0.6 is 0 Å². The molecule has 0 radical (unpaired) electrons. The molecule has 1 aliphatic carbocycles. The summed E-state index contributed by atoms with van der Waals surface area (Å²) in [6.45, 7) is 3.88. The Bertz CT molecular complexity index is 1190. The number of benzene rings is 2. The molecule has 0 saturated carbocycles. The fraction of sp³-hybridized carbons (Fsp3) is 0.280. The summed E-state index contributed by atoms with van der Waals surface area (Å²) in [5.74, 6) is -0.728. The van der Waals surface area contributed by atoms with Gasteiger partial charge >= 0.3 is 6.18 Å². The first-order valence-electron chi connectivity index (χ1n) is 10.2. The van der Waals surface area contributed by atoms with Crippen LogP contribution in [0.1, 0.15) is 43.7 Å². The second-order valence-electron chi connectivity index (χ2n) is 8.94. The highest BCUT2D eigenvalue weighted by molar-refractivity contribution is 6.01. The molecule has 2 aromatic rings.